The van der Waals surface area contributed by atoms with Crippen LogP contribution in [0.25, 0.3) is 11.4 Å². The molecule has 5 nitrogen and oxygen atoms in total. The van der Waals surface area contributed by atoms with E-state index < -0.39 is 0 Å². The number of rotatable bonds is 5. The van der Waals surface area contributed by atoms with Crippen LogP contribution in [0.2, 0.25) is 0 Å². The molecule has 0 saturated heterocycles. The quantitative estimate of drug-likeness (QED) is 0.752. The van der Waals surface area contributed by atoms with Gasteiger partial charge in [-0.1, -0.05) is 23.4 Å². The number of aromatic nitrogens is 2. The number of nitrogens with zero attached hydrogens (tertiary/aromatic N) is 2. The molecule has 0 fully saturated rings. The maximum Gasteiger partial charge on any atom is 0.228 e. The third-order valence-electron chi connectivity index (χ3n) is 3.04. The average Bonchev–Trinajstić information content (AvgIpc) is 2.98. The van der Waals surface area contributed by atoms with E-state index in [0.717, 1.165) is 17.8 Å². The van der Waals surface area contributed by atoms with Crippen LogP contribution in [0.3, 0.4) is 0 Å². The fraction of sp³-hybridized carbons (Fsp3) is 0.125. The van der Waals surface area contributed by atoms with Gasteiger partial charge in [-0.05, 0) is 36.4 Å². The van der Waals surface area contributed by atoms with Gasteiger partial charge >= 0.3 is 0 Å². The fourth-order valence-corrected chi connectivity index (χ4v) is 1.95. The van der Waals surface area contributed by atoms with Crippen LogP contribution in [0, 0.1) is 0 Å². The Morgan fingerprint density at radius 1 is 1.00 bits per heavy atom. The van der Waals surface area contributed by atoms with Gasteiger partial charge in [0.05, 0.1) is 0 Å². The Bertz CT molecular complexity index is 693. The van der Waals surface area contributed by atoms with E-state index in [4.69, 9.17) is 4.52 Å². The molecule has 0 aliphatic carbocycles. The van der Waals surface area contributed by atoms with Gasteiger partial charge in [0, 0.05) is 24.2 Å². The van der Waals surface area contributed by atoms with E-state index in [2.05, 4.69) is 15.5 Å². The highest BCUT2D eigenvalue weighted by molar-refractivity contribution is 5.55. The van der Waals surface area contributed by atoms with Crippen molar-refractivity contribution in [2.45, 2.75) is 6.42 Å². The summed E-state index contributed by atoms with van der Waals surface area (Å²) in [6, 6.07) is 16.7. The Kier molecular flexibility index (Phi) is 3.82. The van der Waals surface area contributed by atoms with Gasteiger partial charge in [-0.3, -0.25) is 0 Å². The van der Waals surface area contributed by atoms with Crippen molar-refractivity contribution in [3.8, 4) is 17.1 Å². The minimum absolute atomic E-state index is 0.217. The standard InChI is InChI=1S/C16H15N3O2/c20-14-8-6-12(7-9-14)16-18-15(21-19-16)10-11-17-13-4-2-1-3-5-13/h1-9,17,20H,10-11H2. The highest BCUT2D eigenvalue weighted by Gasteiger charge is 2.08. The predicted molar refractivity (Wildman–Crippen MR) is 80.0 cm³/mol. The van der Waals surface area contributed by atoms with Crippen molar-refractivity contribution in [3.63, 3.8) is 0 Å². The lowest BCUT2D eigenvalue weighted by Gasteiger charge is -2.02. The first-order valence-corrected chi connectivity index (χ1v) is 6.72. The van der Waals surface area contributed by atoms with Gasteiger partial charge < -0.3 is 14.9 Å². The SMILES string of the molecule is Oc1ccc(-c2noc(CCNc3ccccc3)n2)cc1. The second kappa shape index (κ2) is 6.09. The van der Waals surface area contributed by atoms with Crippen LogP contribution in [0.1, 0.15) is 5.89 Å². The molecule has 0 atom stereocenters. The summed E-state index contributed by atoms with van der Waals surface area (Å²) >= 11 is 0. The summed E-state index contributed by atoms with van der Waals surface area (Å²) in [6.07, 6.45) is 0.653. The summed E-state index contributed by atoms with van der Waals surface area (Å²) in [7, 11) is 0. The van der Waals surface area contributed by atoms with Gasteiger partial charge in [0.1, 0.15) is 5.75 Å². The molecule has 3 aromatic rings. The second-order valence-electron chi connectivity index (χ2n) is 4.60. The van der Waals surface area contributed by atoms with Gasteiger partial charge in [-0.25, -0.2) is 0 Å². The Morgan fingerprint density at radius 2 is 1.76 bits per heavy atom. The van der Waals surface area contributed by atoms with E-state index in [1.165, 1.54) is 0 Å². The average molecular weight is 281 g/mol. The van der Waals surface area contributed by atoms with Crippen molar-refractivity contribution < 1.29 is 9.63 Å². The number of nitrogens with one attached hydrogen (secondary N) is 1. The molecule has 0 aliphatic heterocycles. The van der Waals surface area contributed by atoms with E-state index in [0.29, 0.717) is 18.1 Å². The summed E-state index contributed by atoms with van der Waals surface area (Å²) in [5.41, 5.74) is 1.88. The highest BCUT2D eigenvalue weighted by Crippen LogP contribution is 2.19. The Balaban J connectivity index is 1.59. The molecular weight excluding hydrogens is 266 g/mol. The molecule has 3 rings (SSSR count). The van der Waals surface area contributed by atoms with Crippen LogP contribution in [0.5, 0.6) is 5.75 Å². The molecule has 2 aromatic carbocycles. The molecule has 5 heteroatoms. The zero-order valence-corrected chi connectivity index (χ0v) is 11.4. The van der Waals surface area contributed by atoms with Crippen LogP contribution < -0.4 is 5.32 Å². The lowest BCUT2D eigenvalue weighted by Crippen LogP contribution is -2.04. The number of aromatic hydroxyl groups is 1. The number of anilines is 1. The summed E-state index contributed by atoms with van der Waals surface area (Å²) < 4.78 is 5.22. The van der Waals surface area contributed by atoms with Crippen LogP contribution in [-0.2, 0) is 6.42 Å². The minimum atomic E-state index is 0.217. The monoisotopic (exact) mass is 281 g/mol. The third-order valence-corrected chi connectivity index (χ3v) is 3.04. The minimum Gasteiger partial charge on any atom is -0.508 e. The summed E-state index contributed by atoms with van der Waals surface area (Å²) in [6.45, 7) is 0.723. The van der Waals surface area contributed by atoms with Gasteiger partial charge in [0.15, 0.2) is 0 Å². The zero-order chi connectivity index (χ0) is 14.5. The number of phenols is 1. The third kappa shape index (κ3) is 3.39. The van der Waals surface area contributed by atoms with Crippen LogP contribution in [0.15, 0.2) is 59.1 Å². The summed E-state index contributed by atoms with van der Waals surface area (Å²) in [5.74, 6) is 1.33. The van der Waals surface area contributed by atoms with E-state index >= 15 is 0 Å². The number of phenolic OH excluding ortho intramolecular Hbond substituents is 1. The molecule has 0 radical (unpaired) electrons. The second-order valence-corrected chi connectivity index (χ2v) is 4.60. The molecule has 0 aliphatic rings. The predicted octanol–water partition coefficient (Wildman–Crippen LogP) is 3.10. The molecule has 1 aromatic heterocycles. The topological polar surface area (TPSA) is 71.2 Å². The van der Waals surface area contributed by atoms with E-state index in [1.807, 2.05) is 30.3 Å². The van der Waals surface area contributed by atoms with Crippen molar-refractivity contribution >= 4 is 5.69 Å². The van der Waals surface area contributed by atoms with E-state index in [-0.39, 0.29) is 5.75 Å². The first kappa shape index (κ1) is 13.2. The van der Waals surface area contributed by atoms with Crippen LogP contribution in [-0.4, -0.2) is 21.8 Å². The molecule has 0 saturated carbocycles. The summed E-state index contributed by atoms with van der Waals surface area (Å²) in [4.78, 5) is 4.34. The number of para-hydroxylation sites is 1. The largest absolute Gasteiger partial charge is 0.508 e. The first-order valence-electron chi connectivity index (χ1n) is 6.72. The van der Waals surface area contributed by atoms with Crippen molar-refractivity contribution in [2.75, 3.05) is 11.9 Å². The maximum absolute atomic E-state index is 9.26. The Labute approximate surface area is 122 Å². The number of hydrogen-bond donors (Lipinski definition) is 2. The smallest absolute Gasteiger partial charge is 0.228 e. The van der Waals surface area contributed by atoms with Crippen molar-refractivity contribution in [2.24, 2.45) is 0 Å². The van der Waals surface area contributed by atoms with Crippen LogP contribution in [0.4, 0.5) is 5.69 Å². The van der Waals surface area contributed by atoms with Gasteiger partial charge in [-0.15, -0.1) is 0 Å². The normalized spacial score (nSPS) is 10.5. The zero-order valence-electron chi connectivity index (χ0n) is 11.4. The van der Waals surface area contributed by atoms with Gasteiger partial charge in [-0.2, -0.15) is 4.98 Å². The molecule has 0 bridgehead atoms. The fourth-order valence-electron chi connectivity index (χ4n) is 1.95. The van der Waals surface area contributed by atoms with E-state index in [9.17, 15) is 5.11 Å². The van der Waals surface area contributed by atoms with Gasteiger partial charge in [0.25, 0.3) is 0 Å². The van der Waals surface area contributed by atoms with Crippen molar-refractivity contribution in [1.29, 1.82) is 0 Å². The maximum atomic E-state index is 9.26. The first-order chi connectivity index (χ1) is 10.3. The highest BCUT2D eigenvalue weighted by atomic mass is 16.5. The molecule has 0 spiro atoms. The number of benzene rings is 2. The number of hydrogen-bond acceptors (Lipinski definition) is 5. The van der Waals surface area contributed by atoms with Crippen molar-refractivity contribution in [3.05, 3.63) is 60.5 Å². The molecule has 21 heavy (non-hydrogen) atoms. The van der Waals surface area contributed by atoms with Crippen LogP contribution >= 0.6 is 0 Å². The van der Waals surface area contributed by atoms with Gasteiger partial charge in [0.2, 0.25) is 11.7 Å². The molecular formula is C16H15N3O2. The molecule has 0 unspecified atom stereocenters. The molecule has 1 heterocycles. The Morgan fingerprint density at radius 3 is 2.52 bits per heavy atom. The van der Waals surface area contributed by atoms with E-state index in [1.54, 1.807) is 24.3 Å². The Hall–Kier alpha value is -2.82. The summed E-state index contributed by atoms with van der Waals surface area (Å²) in [5, 5.41) is 16.5. The van der Waals surface area contributed by atoms with Crippen molar-refractivity contribution in [1.82, 2.24) is 10.1 Å². The lowest BCUT2D eigenvalue weighted by atomic mass is 10.2. The molecule has 106 valence electrons. The molecule has 0 amide bonds. The molecule has 2 N–H and O–H groups in total. The lowest BCUT2D eigenvalue weighted by molar-refractivity contribution is 0.381.